The fourth-order valence-electron chi connectivity index (χ4n) is 2.23. The van der Waals surface area contributed by atoms with E-state index in [2.05, 4.69) is 5.32 Å². The van der Waals surface area contributed by atoms with Gasteiger partial charge in [-0.15, -0.1) is 0 Å². The van der Waals surface area contributed by atoms with Crippen LogP contribution >= 0.6 is 0 Å². The van der Waals surface area contributed by atoms with E-state index in [1.807, 2.05) is 18.2 Å². The normalized spacial score (nSPS) is 13.2. The molecule has 1 unspecified atom stereocenters. The molecule has 1 amide bonds. The topological polar surface area (TPSA) is 58.6 Å². The Balaban J connectivity index is 2.13. The molecule has 0 spiro atoms. The minimum absolute atomic E-state index is 0.00206. The van der Waals surface area contributed by atoms with Gasteiger partial charge in [-0.1, -0.05) is 36.4 Å². The zero-order valence-electron chi connectivity index (χ0n) is 13.2. The Morgan fingerprint density at radius 3 is 2.57 bits per heavy atom. The van der Waals surface area contributed by atoms with Crippen LogP contribution in [0.4, 0.5) is 4.39 Å². The van der Waals surface area contributed by atoms with E-state index in [0.717, 1.165) is 0 Å². The molecule has 5 heteroatoms. The summed E-state index contributed by atoms with van der Waals surface area (Å²) in [6.07, 6.45) is 0. The van der Waals surface area contributed by atoms with Crippen LogP contribution in [-0.2, 0) is 5.60 Å². The Morgan fingerprint density at radius 2 is 1.91 bits per heavy atom. The van der Waals surface area contributed by atoms with Crippen LogP contribution in [0.25, 0.3) is 0 Å². The van der Waals surface area contributed by atoms with Crippen LogP contribution in [0.3, 0.4) is 0 Å². The van der Waals surface area contributed by atoms with E-state index < -0.39 is 17.3 Å². The third kappa shape index (κ3) is 4.07. The van der Waals surface area contributed by atoms with Gasteiger partial charge in [0.25, 0.3) is 5.91 Å². The number of nitrogens with one attached hydrogen (secondary N) is 1. The number of carbonyl (C=O) groups excluding carboxylic acids is 1. The number of carbonyl (C=O) groups is 1. The van der Waals surface area contributed by atoms with Crippen LogP contribution in [0.15, 0.2) is 48.5 Å². The van der Waals surface area contributed by atoms with Crippen LogP contribution in [0.2, 0.25) is 0 Å². The first-order chi connectivity index (χ1) is 11.0. The summed E-state index contributed by atoms with van der Waals surface area (Å²) in [5, 5.41) is 13.1. The van der Waals surface area contributed by atoms with Crippen molar-refractivity contribution in [1.29, 1.82) is 0 Å². The number of ether oxygens (including phenoxy) is 1. The molecule has 0 aromatic heterocycles. The van der Waals surface area contributed by atoms with Crippen molar-refractivity contribution in [2.24, 2.45) is 0 Å². The molecule has 0 fully saturated rings. The van der Waals surface area contributed by atoms with Gasteiger partial charge in [-0.2, -0.15) is 0 Å². The molecule has 0 aliphatic carbocycles. The van der Waals surface area contributed by atoms with Crippen molar-refractivity contribution in [2.45, 2.75) is 19.4 Å². The first-order valence-corrected chi connectivity index (χ1v) is 7.43. The summed E-state index contributed by atoms with van der Waals surface area (Å²) in [4.78, 5) is 12.3. The monoisotopic (exact) mass is 317 g/mol. The highest BCUT2D eigenvalue weighted by molar-refractivity contribution is 5.97. The molecule has 4 nitrogen and oxygen atoms in total. The maximum absolute atomic E-state index is 13.8. The van der Waals surface area contributed by atoms with E-state index in [-0.39, 0.29) is 24.5 Å². The second-order valence-corrected chi connectivity index (χ2v) is 5.37. The SMILES string of the molecule is CCOc1c(F)cccc1C(=O)NCC(C)(O)c1ccccc1. The molecular formula is C18H20FNO3. The Labute approximate surface area is 134 Å². The average molecular weight is 317 g/mol. The Bertz CT molecular complexity index is 671. The zero-order chi connectivity index (χ0) is 16.9. The molecule has 0 bridgehead atoms. The van der Waals surface area contributed by atoms with Crippen LogP contribution < -0.4 is 10.1 Å². The van der Waals surface area contributed by atoms with Gasteiger partial charge in [0.05, 0.1) is 18.7 Å². The number of aliphatic hydroxyl groups is 1. The summed E-state index contributed by atoms with van der Waals surface area (Å²) >= 11 is 0. The Morgan fingerprint density at radius 1 is 1.22 bits per heavy atom. The smallest absolute Gasteiger partial charge is 0.255 e. The van der Waals surface area contributed by atoms with Gasteiger partial charge in [-0.05, 0) is 31.5 Å². The van der Waals surface area contributed by atoms with Gasteiger partial charge in [0.15, 0.2) is 11.6 Å². The fraction of sp³-hybridized carbons (Fsp3) is 0.278. The summed E-state index contributed by atoms with van der Waals surface area (Å²) in [5.74, 6) is -1.16. The maximum Gasteiger partial charge on any atom is 0.255 e. The van der Waals surface area contributed by atoms with Crippen molar-refractivity contribution < 1.29 is 19.0 Å². The minimum atomic E-state index is -1.23. The van der Waals surface area contributed by atoms with Gasteiger partial charge < -0.3 is 15.2 Å². The summed E-state index contributed by atoms with van der Waals surface area (Å²) in [7, 11) is 0. The van der Waals surface area contributed by atoms with Crippen molar-refractivity contribution in [3.63, 3.8) is 0 Å². The largest absolute Gasteiger partial charge is 0.490 e. The predicted molar refractivity (Wildman–Crippen MR) is 85.9 cm³/mol. The van der Waals surface area contributed by atoms with Crippen LogP contribution in [0.5, 0.6) is 5.75 Å². The second-order valence-electron chi connectivity index (χ2n) is 5.37. The van der Waals surface area contributed by atoms with E-state index in [4.69, 9.17) is 4.74 Å². The lowest BCUT2D eigenvalue weighted by molar-refractivity contribution is 0.0525. The summed E-state index contributed by atoms with van der Waals surface area (Å²) in [6, 6.07) is 13.2. The number of rotatable bonds is 6. The molecule has 2 rings (SSSR count). The lowest BCUT2D eigenvalue weighted by Crippen LogP contribution is -2.38. The van der Waals surface area contributed by atoms with Crippen molar-refractivity contribution in [2.75, 3.05) is 13.2 Å². The molecule has 1 atom stereocenters. The number of amides is 1. The van der Waals surface area contributed by atoms with Crippen molar-refractivity contribution in [3.8, 4) is 5.75 Å². The molecule has 23 heavy (non-hydrogen) atoms. The number of benzene rings is 2. The molecule has 0 radical (unpaired) electrons. The Hall–Kier alpha value is -2.40. The second kappa shape index (κ2) is 7.24. The van der Waals surface area contributed by atoms with Gasteiger partial charge >= 0.3 is 0 Å². The molecule has 0 saturated heterocycles. The molecule has 2 aromatic rings. The molecule has 0 aliphatic heterocycles. The summed E-state index contributed by atoms with van der Waals surface area (Å²) < 4.78 is 19.0. The standard InChI is InChI=1S/C18H20FNO3/c1-3-23-16-14(10-7-11-15(16)19)17(21)20-12-18(2,22)13-8-5-4-6-9-13/h4-11,22H,3,12H2,1-2H3,(H,20,21). The molecule has 0 heterocycles. The first-order valence-electron chi connectivity index (χ1n) is 7.43. The molecule has 122 valence electrons. The summed E-state index contributed by atoms with van der Waals surface area (Å²) in [6.45, 7) is 3.58. The number of para-hydroxylation sites is 1. The number of halogens is 1. The summed E-state index contributed by atoms with van der Waals surface area (Å²) in [5.41, 5.74) is -0.434. The molecule has 0 aliphatic rings. The fourth-order valence-corrected chi connectivity index (χ4v) is 2.23. The van der Waals surface area contributed by atoms with Gasteiger partial charge in [0.2, 0.25) is 0 Å². The van der Waals surface area contributed by atoms with Gasteiger partial charge in [0, 0.05) is 0 Å². The van der Waals surface area contributed by atoms with Crippen molar-refractivity contribution in [1.82, 2.24) is 5.32 Å². The highest BCUT2D eigenvalue weighted by Gasteiger charge is 2.25. The van der Waals surface area contributed by atoms with Crippen molar-refractivity contribution >= 4 is 5.91 Å². The highest BCUT2D eigenvalue weighted by Crippen LogP contribution is 2.23. The van der Waals surface area contributed by atoms with E-state index >= 15 is 0 Å². The lowest BCUT2D eigenvalue weighted by atomic mass is 9.96. The van der Waals surface area contributed by atoms with Gasteiger partial charge in [-0.25, -0.2) is 4.39 Å². The van der Waals surface area contributed by atoms with Crippen LogP contribution in [-0.4, -0.2) is 24.2 Å². The maximum atomic E-state index is 13.8. The van der Waals surface area contributed by atoms with E-state index in [9.17, 15) is 14.3 Å². The van der Waals surface area contributed by atoms with Gasteiger partial charge in [0.1, 0.15) is 5.60 Å². The minimum Gasteiger partial charge on any atom is -0.490 e. The average Bonchev–Trinajstić information content (AvgIpc) is 2.55. The Kier molecular flexibility index (Phi) is 5.34. The predicted octanol–water partition coefficient (Wildman–Crippen LogP) is 2.86. The molecular weight excluding hydrogens is 297 g/mol. The zero-order valence-corrected chi connectivity index (χ0v) is 13.2. The number of hydrogen-bond acceptors (Lipinski definition) is 3. The molecule has 2 N–H and O–H groups in total. The van der Waals surface area contributed by atoms with Crippen LogP contribution in [0.1, 0.15) is 29.8 Å². The quantitative estimate of drug-likeness (QED) is 0.861. The van der Waals surface area contributed by atoms with E-state index in [1.165, 1.54) is 18.2 Å². The van der Waals surface area contributed by atoms with Crippen molar-refractivity contribution in [3.05, 3.63) is 65.5 Å². The van der Waals surface area contributed by atoms with E-state index in [1.54, 1.807) is 26.0 Å². The third-order valence-corrected chi connectivity index (χ3v) is 3.49. The third-order valence-electron chi connectivity index (χ3n) is 3.49. The molecule has 2 aromatic carbocycles. The lowest BCUT2D eigenvalue weighted by Gasteiger charge is -2.24. The van der Waals surface area contributed by atoms with E-state index in [0.29, 0.717) is 5.56 Å². The van der Waals surface area contributed by atoms with Gasteiger partial charge in [-0.3, -0.25) is 4.79 Å². The first kappa shape index (κ1) is 17.0. The molecule has 0 saturated carbocycles. The van der Waals surface area contributed by atoms with Crippen LogP contribution in [0, 0.1) is 5.82 Å². The number of hydrogen-bond donors (Lipinski definition) is 2. The highest BCUT2D eigenvalue weighted by atomic mass is 19.1.